The summed E-state index contributed by atoms with van der Waals surface area (Å²) in [6.45, 7) is 0. The molecule has 1 unspecified atom stereocenters. The van der Waals surface area contributed by atoms with Gasteiger partial charge in [0.05, 0.1) is 6.04 Å². The lowest BCUT2D eigenvalue weighted by Crippen LogP contribution is -2.33. The first-order valence-corrected chi connectivity index (χ1v) is 8.95. The maximum Gasteiger partial charge on any atom is 0.226 e. The molecule has 1 aliphatic heterocycles. The third-order valence-corrected chi connectivity index (χ3v) is 5.30. The first-order valence-electron chi connectivity index (χ1n) is 7.20. The van der Waals surface area contributed by atoms with E-state index in [1.807, 2.05) is 7.05 Å². The van der Waals surface area contributed by atoms with Gasteiger partial charge in [0.25, 0.3) is 0 Å². The van der Waals surface area contributed by atoms with E-state index < -0.39 is 0 Å². The lowest BCUT2D eigenvalue weighted by atomic mass is 10.2. The van der Waals surface area contributed by atoms with Crippen LogP contribution in [0.5, 0.6) is 0 Å². The van der Waals surface area contributed by atoms with Gasteiger partial charge in [-0.25, -0.2) is 0 Å². The molecular weight excluding hydrogens is 377 g/mol. The zero-order valence-corrected chi connectivity index (χ0v) is 15.7. The number of rotatable bonds is 4. The normalized spacial score (nSPS) is 22.1. The molecule has 1 N–H and O–H groups in total. The summed E-state index contributed by atoms with van der Waals surface area (Å²) < 4.78 is 0. The lowest BCUT2D eigenvalue weighted by molar-refractivity contribution is -0.116. The highest BCUT2D eigenvalue weighted by Gasteiger charge is 2.31. The molecule has 1 aliphatic carbocycles. The van der Waals surface area contributed by atoms with Crippen LogP contribution in [0.2, 0.25) is 10.0 Å². The number of halogens is 3. The number of thioether (sulfide) groups is 1. The van der Waals surface area contributed by atoms with Crippen LogP contribution in [-0.4, -0.2) is 40.9 Å². The van der Waals surface area contributed by atoms with Gasteiger partial charge in [0, 0.05) is 41.0 Å². The molecule has 0 bridgehead atoms. The molecule has 1 heterocycles. The van der Waals surface area contributed by atoms with E-state index in [0.717, 1.165) is 10.9 Å². The third-order valence-electron chi connectivity index (χ3n) is 3.66. The Kier molecular flexibility index (Phi) is 6.48. The van der Waals surface area contributed by atoms with Gasteiger partial charge in [0.2, 0.25) is 5.91 Å². The molecule has 23 heavy (non-hydrogen) atoms. The Morgan fingerprint density at radius 2 is 2.00 bits per heavy atom. The summed E-state index contributed by atoms with van der Waals surface area (Å²) in [5.74, 6) is 0.856. The van der Waals surface area contributed by atoms with Crippen molar-refractivity contribution in [2.45, 2.75) is 31.3 Å². The average Bonchev–Trinajstić information content (AvgIpc) is 3.17. The fraction of sp³-hybridized carbons (Fsp3) is 0.467. The van der Waals surface area contributed by atoms with Crippen molar-refractivity contribution in [2.75, 3.05) is 18.1 Å². The summed E-state index contributed by atoms with van der Waals surface area (Å²) >= 11 is 13.6. The monoisotopic (exact) mass is 393 g/mol. The summed E-state index contributed by atoms with van der Waals surface area (Å²) in [6, 6.07) is 5.71. The van der Waals surface area contributed by atoms with Gasteiger partial charge in [0.1, 0.15) is 0 Å². The minimum absolute atomic E-state index is 0. The van der Waals surface area contributed by atoms with Crippen molar-refractivity contribution in [1.82, 2.24) is 4.90 Å². The first kappa shape index (κ1) is 18.7. The van der Waals surface area contributed by atoms with Crippen molar-refractivity contribution >= 4 is 64.1 Å². The molecule has 1 amide bonds. The van der Waals surface area contributed by atoms with Crippen LogP contribution in [0.15, 0.2) is 23.2 Å². The van der Waals surface area contributed by atoms with E-state index in [9.17, 15) is 4.79 Å². The van der Waals surface area contributed by atoms with E-state index in [1.54, 1.807) is 30.0 Å². The van der Waals surface area contributed by atoms with Crippen LogP contribution < -0.4 is 5.32 Å². The third kappa shape index (κ3) is 5.18. The molecule has 2 fully saturated rings. The fourth-order valence-electron chi connectivity index (χ4n) is 2.28. The molecule has 1 aromatic carbocycles. The second-order valence-corrected chi connectivity index (χ2v) is 7.49. The molecule has 2 aliphatic rings. The van der Waals surface area contributed by atoms with Gasteiger partial charge in [-0.3, -0.25) is 9.79 Å². The van der Waals surface area contributed by atoms with Gasteiger partial charge in [-0.05, 0) is 31.0 Å². The Morgan fingerprint density at radius 3 is 2.61 bits per heavy atom. The smallest absolute Gasteiger partial charge is 0.226 e. The molecule has 0 aromatic heterocycles. The molecule has 1 aromatic rings. The molecule has 1 atom stereocenters. The predicted octanol–water partition coefficient (Wildman–Crippen LogP) is 4.31. The molecular formula is C15H18Cl3N3OS. The highest BCUT2D eigenvalue weighted by atomic mass is 35.5. The minimum Gasteiger partial charge on any atom is -0.350 e. The fourth-order valence-corrected chi connectivity index (χ4v) is 4.06. The molecule has 0 spiro atoms. The van der Waals surface area contributed by atoms with Crippen molar-refractivity contribution < 1.29 is 4.79 Å². The van der Waals surface area contributed by atoms with Crippen LogP contribution in [0.25, 0.3) is 0 Å². The van der Waals surface area contributed by atoms with Crippen molar-refractivity contribution in [2.24, 2.45) is 4.99 Å². The van der Waals surface area contributed by atoms with Crippen LogP contribution in [0.4, 0.5) is 5.69 Å². The van der Waals surface area contributed by atoms with E-state index in [-0.39, 0.29) is 24.4 Å². The Hall–Kier alpha value is -0.620. The number of hydrogen-bond acceptors (Lipinski definition) is 3. The minimum atomic E-state index is -0.0385. The Balaban J connectivity index is 0.00000192. The van der Waals surface area contributed by atoms with Gasteiger partial charge >= 0.3 is 0 Å². The molecule has 126 valence electrons. The largest absolute Gasteiger partial charge is 0.350 e. The van der Waals surface area contributed by atoms with Gasteiger partial charge in [0.15, 0.2) is 5.17 Å². The summed E-state index contributed by atoms with van der Waals surface area (Å²) in [4.78, 5) is 19.0. The number of amidine groups is 1. The average molecular weight is 395 g/mol. The number of hydrogen-bond donors (Lipinski definition) is 1. The Morgan fingerprint density at radius 1 is 1.35 bits per heavy atom. The lowest BCUT2D eigenvalue weighted by Gasteiger charge is -2.20. The Labute approximate surface area is 156 Å². The van der Waals surface area contributed by atoms with Crippen molar-refractivity contribution in [1.29, 1.82) is 0 Å². The van der Waals surface area contributed by atoms with Crippen molar-refractivity contribution in [3.05, 3.63) is 28.2 Å². The van der Waals surface area contributed by atoms with Crippen LogP contribution >= 0.6 is 47.4 Å². The van der Waals surface area contributed by atoms with Crippen LogP contribution in [0.3, 0.4) is 0 Å². The van der Waals surface area contributed by atoms with Gasteiger partial charge in [-0.15, -0.1) is 12.4 Å². The van der Waals surface area contributed by atoms with E-state index in [1.165, 1.54) is 12.8 Å². The van der Waals surface area contributed by atoms with Crippen molar-refractivity contribution in [3.8, 4) is 0 Å². The van der Waals surface area contributed by atoms with E-state index >= 15 is 0 Å². The molecule has 1 saturated heterocycles. The predicted molar refractivity (Wildman–Crippen MR) is 101 cm³/mol. The number of nitrogens with one attached hydrogen (secondary N) is 1. The Bertz CT molecular complexity index is 602. The van der Waals surface area contributed by atoms with E-state index in [2.05, 4.69) is 15.2 Å². The molecule has 8 heteroatoms. The van der Waals surface area contributed by atoms with Crippen LogP contribution in [0.1, 0.15) is 19.3 Å². The summed E-state index contributed by atoms with van der Waals surface area (Å²) in [5, 5.41) is 4.94. The van der Waals surface area contributed by atoms with Gasteiger partial charge < -0.3 is 10.2 Å². The second kappa shape index (κ2) is 7.97. The van der Waals surface area contributed by atoms with Crippen LogP contribution in [0, 0.1) is 0 Å². The number of benzene rings is 1. The summed E-state index contributed by atoms with van der Waals surface area (Å²) in [6.07, 6.45) is 2.81. The topological polar surface area (TPSA) is 44.7 Å². The quantitative estimate of drug-likeness (QED) is 0.827. The molecule has 3 rings (SSSR count). The highest BCUT2D eigenvalue weighted by molar-refractivity contribution is 8.14. The van der Waals surface area contributed by atoms with E-state index in [0.29, 0.717) is 28.2 Å². The zero-order chi connectivity index (χ0) is 15.7. The van der Waals surface area contributed by atoms with Gasteiger partial charge in [-0.1, -0.05) is 35.0 Å². The SMILES string of the molecule is CN1C(=NC2CC2)SCC1CC(=O)Nc1cc(Cl)cc(Cl)c1.Cl. The number of carbonyl (C=O) groups is 1. The van der Waals surface area contributed by atoms with Gasteiger partial charge in [-0.2, -0.15) is 0 Å². The number of carbonyl (C=O) groups excluding carboxylic acids is 1. The molecule has 4 nitrogen and oxygen atoms in total. The maximum atomic E-state index is 12.2. The first-order chi connectivity index (χ1) is 10.5. The summed E-state index contributed by atoms with van der Waals surface area (Å²) in [5.41, 5.74) is 0.627. The summed E-state index contributed by atoms with van der Waals surface area (Å²) in [7, 11) is 2.01. The molecule has 1 saturated carbocycles. The van der Waals surface area contributed by atoms with Crippen molar-refractivity contribution in [3.63, 3.8) is 0 Å². The number of anilines is 1. The number of amides is 1. The molecule has 0 radical (unpaired) electrons. The van der Waals surface area contributed by atoms with Crippen LogP contribution in [-0.2, 0) is 4.79 Å². The van der Waals surface area contributed by atoms with E-state index in [4.69, 9.17) is 23.2 Å². The second-order valence-electron chi connectivity index (χ2n) is 5.63. The zero-order valence-electron chi connectivity index (χ0n) is 12.6. The standard InChI is InChI=1S/C15H17Cl2N3OS.ClH/c1-20-13(8-22-15(20)19-11-2-3-11)7-14(21)18-12-5-9(16)4-10(17)6-12;/h4-6,11,13H,2-3,7-8H2,1H3,(H,18,21);1H. The number of nitrogens with zero attached hydrogens (tertiary/aromatic N) is 2. The number of aliphatic imine (C=N–C) groups is 1. The highest BCUT2D eigenvalue weighted by Crippen LogP contribution is 2.30. The maximum absolute atomic E-state index is 12.2.